The van der Waals surface area contributed by atoms with Crippen molar-refractivity contribution in [2.45, 2.75) is 25.8 Å². The van der Waals surface area contributed by atoms with Crippen molar-refractivity contribution in [2.75, 3.05) is 13.7 Å². The van der Waals surface area contributed by atoms with Crippen LogP contribution in [-0.4, -0.2) is 24.1 Å². The minimum absolute atomic E-state index is 0.0209. The maximum Gasteiger partial charge on any atom is 0.239 e. The second kappa shape index (κ2) is 10.3. The number of nitrogens with one attached hydrogen (secondary N) is 1. The van der Waals surface area contributed by atoms with Crippen LogP contribution >= 0.6 is 11.6 Å². The van der Waals surface area contributed by atoms with E-state index in [2.05, 4.69) is 5.32 Å². The molecular formula is C24H24ClFN2O3. The normalized spacial score (nSPS) is 11.7. The third-order valence-corrected chi connectivity index (χ3v) is 5.39. The van der Waals surface area contributed by atoms with Gasteiger partial charge in [-0.1, -0.05) is 35.9 Å². The largest absolute Gasteiger partial charge is 0.491 e. The van der Waals surface area contributed by atoms with Crippen LogP contribution in [0.25, 0.3) is 0 Å². The van der Waals surface area contributed by atoms with Gasteiger partial charge in [0.2, 0.25) is 11.3 Å². The predicted octanol–water partition coefficient (Wildman–Crippen LogP) is 4.30. The van der Waals surface area contributed by atoms with Crippen molar-refractivity contribution in [1.82, 2.24) is 9.88 Å². The van der Waals surface area contributed by atoms with E-state index in [1.807, 2.05) is 24.3 Å². The molecule has 3 aromatic rings. The summed E-state index contributed by atoms with van der Waals surface area (Å²) in [4.78, 5) is 24.3. The molecule has 1 aromatic heterocycles. The Kier molecular flexibility index (Phi) is 7.47. The van der Waals surface area contributed by atoms with Crippen molar-refractivity contribution in [2.24, 2.45) is 0 Å². The number of amides is 1. The van der Waals surface area contributed by atoms with Gasteiger partial charge in [0.25, 0.3) is 0 Å². The fraction of sp³-hybridized carbons (Fsp3) is 0.250. The minimum Gasteiger partial charge on any atom is -0.491 e. The fourth-order valence-electron chi connectivity index (χ4n) is 3.46. The van der Waals surface area contributed by atoms with Gasteiger partial charge in [0.1, 0.15) is 12.4 Å². The van der Waals surface area contributed by atoms with Gasteiger partial charge in [0.05, 0.1) is 13.3 Å². The Bertz CT molecular complexity index is 1050. The number of aromatic nitrogens is 1. The van der Waals surface area contributed by atoms with Crippen molar-refractivity contribution in [3.63, 3.8) is 0 Å². The molecule has 3 rings (SSSR count). The lowest BCUT2D eigenvalue weighted by Crippen LogP contribution is -2.30. The van der Waals surface area contributed by atoms with E-state index in [0.29, 0.717) is 23.7 Å². The summed E-state index contributed by atoms with van der Waals surface area (Å²) in [6.45, 7) is 2.27. The zero-order valence-corrected chi connectivity index (χ0v) is 18.2. The quantitative estimate of drug-likeness (QED) is 0.566. The smallest absolute Gasteiger partial charge is 0.239 e. The lowest BCUT2D eigenvalue weighted by molar-refractivity contribution is -0.121. The number of methoxy groups -OCH3 is 1. The number of halogens is 2. The number of hydrogen-bond acceptors (Lipinski definition) is 3. The van der Waals surface area contributed by atoms with Crippen LogP contribution in [-0.2, 0) is 11.3 Å². The van der Waals surface area contributed by atoms with Crippen LogP contribution in [0.1, 0.15) is 29.2 Å². The average molecular weight is 443 g/mol. The van der Waals surface area contributed by atoms with Gasteiger partial charge in [-0.15, -0.1) is 0 Å². The molecule has 31 heavy (non-hydrogen) atoms. The van der Waals surface area contributed by atoms with E-state index in [1.54, 1.807) is 23.6 Å². The van der Waals surface area contributed by atoms with Crippen LogP contribution in [0.5, 0.6) is 5.75 Å². The molecule has 7 heteroatoms. The van der Waals surface area contributed by atoms with Crippen molar-refractivity contribution < 1.29 is 13.9 Å². The van der Waals surface area contributed by atoms with Gasteiger partial charge >= 0.3 is 0 Å². The highest BCUT2D eigenvalue weighted by Gasteiger charge is 2.15. The number of carbonyl (C=O) groups excluding carboxylic acids is 1. The molecule has 0 radical (unpaired) electrons. The molecule has 1 amide bonds. The summed E-state index contributed by atoms with van der Waals surface area (Å²) in [5.41, 5.74) is 2.44. The Labute approximate surface area is 185 Å². The number of rotatable bonds is 8. The van der Waals surface area contributed by atoms with E-state index < -0.39 is 0 Å². The van der Waals surface area contributed by atoms with Gasteiger partial charge in [-0.25, -0.2) is 4.39 Å². The van der Waals surface area contributed by atoms with E-state index in [0.717, 1.165) is 11.1 Å². The molecule has 1 unspecified atom stereocenters. The van der Waals surface area contributed by atoms with Crippen LogP contribution in [0, 0.1) is 12.7 Å². The summed E-state index contributed by atoms with van der Waals surface area (Å²) in [5, 5.41) is 3.56. The SMILES string of the molecule is COc1cn(CC(=O)NCCC(c2ccc(F)cc2)c2ccc(Cl)cc2)c(C)cc1=O. The monoisotopic (exact) mass is 442 g/mol. The number of nitrogens with zero attached hydrogens (tertiary/aromatic N) is 1. The average Bonchev–Trinajstić information content (AvgIpc) is 2.75. The second-order valence-corrected chi connectivity index (χ2v) is 7.71. The van der Waals surface area contributed by atoms with E-state index in [9.17, 15) is 14.0 Å². The molecular weight excluding hydrogens is 419 g/mol. The Morgan fingerprint density at radius 1 is 1.13 bits per heavy atom. The molecule has 0 aliphatic rings. The third-order valence-electron chi connectivity index (χ3n) is 5.14. The molecule has 1 N–H and O–H groups in total. The number of ether oxygens (including phenoxy) is 1. The zero-order chi connectivity index (χ0) is 22.4. The van der Waals surface area contributed by atoms with Gasteiger partial charge in [-0.05, 0) is 48.7 Å². The van der Waals surface area contributed by atoms with Crippen LogP contribution < -0.4 is 15.5 Å². The summed E-state index contributed by atoms with van der Waals surface area (Å²) in [7, 11) is 1.42. The molecule has 5 nitrogen and oxygen atoms in total. The number of hydrogen-bond donors (Lipinski definition) is 1. The summed E-state index contributed by atoms with van der Waals surface area (Å²) < 4.78 is 20.1. The molecule has 0 saturated heterocycles. The number of benzene rings is 2. The lowest BCUT2D eigenvalue weighted by Gasteiger charge is -2.19. The maximum absolute atomic E-state index is 13.4. The summed E-state index contributed by atoms with van der Waals surface area (Å²) >= 11 is 6.01. The molecule has 0 aliphatic heterocycles. The predicted molar refractivity (Wildman–Crippen MR) is 119 cm³/mol. The van der Waals surface area contributed by atoms with Crippen molar-refractivity contribution in [3.05, 3.63) is 98.7 Å². The third kappa shape index (κ3) is 5.95. The molecule has 0 fully saturated rings. The Morgan fingerprint density at radius 3 is 2.35 bits per heavy atom. The van der Waals surface area contributed by atoms with Crippen LogP contribution in [0.15, 0.2) is 65.6 Å². The van der Waals surface area contributed by atoms with E-state index in [-0.39, 0.29) is 35.4 Å². The summed E-state index contributed by atoms with van der Waals surface area (Å²) in [6.07, 6.45) is 2.16. The Hall–Kier alpha value is -3.12. The van der Waals surface area contributed by atoms with Crippen molar-refractivity contribution in [1.29, 1.82) is 0 Å². The van der Waals surface area contributed by atoms with Gasteiger partial charge in [-0.3, -0.25) is 9.59 Å². The number of carbonyl (C=O) groups is 1. The highest BCUT2D eigenvalue weighted by Crippen LogP contribution is 2.29. The molecule has 0 spiro atoms. The molecule has 0 saturated carbocycles. The first kappa shape index (κ1) is 22.6. The lowest BCUT2D eigenvalue weighted by atomic mass is 9.88. The van der Waals surface area contributed by atoms with Gasteiger partial charge < -0.3 is 14.6 Å². The molecule has 1 atom stereocenters. The Balaban J connectivity index is 1.68. The second-order valence-electron chi connectivity index (χ2n) is 7.27. The van der Waals surface area contributed by atoms with E-state index in [4.69, 9.17) is 16.3 Å². The molecule has 1 heterocycles. The maximum atomic E-state index is 13.4. The Morgan fingerprint density at radius 2 is 1.74 bits per heavy atom. The van der Waals surface area contributed by atoms with Crippen molar-refractivity contribution in [3.8, 4) is 5.75 Å². The molecule has 0 aliphatic carbocycles. The molecule has 0 bridgehead atoms. The molecule has 162 valence electrons. The first-order valence-electron chi connectivity index (χ1n) is 9.90. The first-order chi connectivity index (χ1) is 14.9. The van der Waals surface area contributed by atoms with Gasteiger partial charge in [-0.2, -0.15) is 0 Å². The van der Waals surface area contributed by atoms with Crippen LogP contribution in [0.4, 0.5) is 4.39 Å². The van der Waals surface area contributed by atoms with Crippen molar-refractivity contribution >= 4 is 17.5 Å². The minimum atomic E-state index is -0.293. The highest BCUT2D eigenvalue weighted by atomic mass is 35.5. The van der Waals surface area contributed by atoms with Gasteiger partial charge in [0, 0.05) is 29.2 Å². The zero-order valence-electron chi connectivity index (χ0n) is 17.4. The number of aryl methyl sites for hydroxylation is 1. The summed E-state index contributed by atoms with van der Waals surface area (Å²) in [6, 6.07) is 15.3. The van der Waals surface area contributed by atoms with Crippen LogP contribution in [0.2, 0.25) is 5.02 Å². The van der Waals surface area contributed by atoms with Gasteiger partial charge in [0.15, 0.2) is 5.75 Å². The first-order valence-corrected chi connectivity index (χ1v) is 10.3. The number of pyridine rings is 1. The topological polar surface area (TPSA) is 60.3 Å². The highest BCUT2D eigenvalue weighted by molar-refractivity contribution is 6.30. The van der Waals surface area contributed by atoms with E-state index >= 15 is 0 Å². The standard InChI is InChI=1S/C24H24ClFN2O3/c1-16-13-22(29)23(31-2)14-28(16)15-24(30)27-12-11-21(17-3-7-19(25)8-4-17)18-5-9-20(26)10-6-18/h3-10,13-14,21H,11-12,15H2,1-2H3,(H,27,30). The molecule has 2 aromatic carbocycles. The van der Waals surface area contributed by atoms with Crippen LogP contribution in [0.3, 0.4) is 0 Å². The summed E-state index contributed by atoms with van der Waals surface area (Å²) in [5.74, 6) is -0.300. The van der Waals surface area contributed by atoms with E-state index in [1.165, 1.54) is 31.5 Å². The fourth-order valence-corrected chi connectivity index (χ4v) is 3.58.